The maximum absolute atomic E-state index is 13.1. The Hall–Kier alpha value is -3.22. The van der Waals surface area contributed by atoms with Crippen LogP contribution >= 0.6 is 0 Å². The van der Waals surface area contributed by atoms with Crippen molar-refractivity contribution in [2.45, 2.75) is 31.6 Å². The Morgan fingerprint density at radius 3 is 2.64 bits per heavy atom. The molecule has 0 unspecified atom stereocenters. The molecule has 4 rings (SSSR count). The molecule has 0 atom stereocenters. The molecule has 4 N–H and O–H groups in total. The molecule has 1 fully saturated rings. The highest BCUT2D eigenvalue weighted by Crippen LogP contribution is 2.50. The number of hydrogen-bond acceptors (Lipinski definition) is 6. The number of carbonyl (C=O) groups excluding carboxylic acids is 2. The maximum atomic E-state index is 13.1. The summed E-state index contributed by atoms with van der Waals surface area (Å²) in [5.74, 6) is -1.21. The van der Waals surface area contributed by atoms with Crippen molar-refractivity contribution in [3.63, 3.8) is 0 Å². The van der Waals surface area contributed by atoms with Crippen LogP contribution in [0.2, 0.25) is 0 Å². The van der Waals surface area contributed by atoms with E-state index in [-0.39, 0.29) is 24.0 Å². The fourth-order valence-electron chi connectivity index (χ4n) is 3.73. The molecule has 2 aromatic rings. The Morgan fingerprint density at radius 2 is 1.96 bits per heavy atom. The topological polar surface area (TPSA) is 108 Å². The number of rotatable bonds is 5. The van der Waals surface area contributed by atoms with E-state index in [4.69, 9.17) is 4.74 Å². The van der Waals surface area contributed by atoms with Gasteiger partial charge in [0, 0.05) is 6.54 Å². The number of fused-ring (bicyclic) bond motifs is 1. The summed E-state index contributed by atoms with van der Waals surface area (Å²) >= 11 is 0. The molecular weight excluding hydrogens is 360 g/mol. The molecule has 1 saturated carbocycles. The number of aromatic hydroxyl groups is 2. The van der Waals surface area contributed by atoms with Crippen molar-refractivity contribution in [2.75, 3.05) is 23.8 Å². The number of hydrogen-bond donors (Lipinski definition) is 4. The maximum Gasteiger partial charge on any atom is 0.342 e. The van der Waals surface area contributed by atoms with Crippen LogP contribution in [-0.2, 0) is 21.4 Å². The summed E-state index contributed by atoms with van der Waals surface area (Å²) in [6.07, 6.45) is 2.06. The second-order valence-corrected chi connectivity index (χ2v) is 7.16. The third-order valence-corrected chi connectivity index (χ3v) is 5.43. The van der Waals surface area contributed by atoms with Crippen LogP contribution in [0.15, 0.2) is 30.3 Å². The molecule has 1 aliphatic carbocycles. The zero-order chi connectivity index (χ0) is 19.9. The Balaban J connectivity index is 1.66. The number of esters is 1. The van der Waals surface area contributed by atoms with Gasteiger partial charge in [-0.15, -0.1) is 0 Å². The average Bonchev–Trinajstić information content (AvgIpc) is 3.35. The lowest BCUT2D eigenvalue weighted by Gasteiger charge is -2.19. The molecule has 0 bridgehead atoms. The molecule has 0 aromatic heterocycles. The number of anilines is 2. The number of benzene rings is 2. The summed E-state index contributed by atoms with van der Waals surface area (Å²) in [6, 6.07) is 8.07. The second-order valence-electron chi connectivity index (χ2n) is 7.16. The lowest BCUT2D eigenvalue weighted by atomic mass is 9.94. The molecule has 7 heteroatoms. The highest BCUT2D eigenvalue weighted by atomic mass is 16.5. The molecular formula is C21H22N2O5. The van der Waals surface area contributed by atoms with Gasteiger partial charge in [-0.05, 0) is 55.5 Å². The molecule has 1 heterocycles. The average molecular weight is 382 g/mol. The van der Waals surface area contributed by atoms with Gasteiger partial charge in [0.2, 0.25) is 5.91 Å². The molecule has 2 aromatic carbocycles. The van der Waals surface area contributed by atoms with Crippen LogP contribution in [0.25, 0.3) is 0 Å². The van der Waals surface area contributed by atoms with Crippen LogP contribution in [0, 0.1) is 0 Å². The number of phenolic OH excluding ortho intramolecular Hbond substituents is 2. The van der Waals surface area contributed by atoms with Crippen LogP contribution in [0.5, 0.6) is 11.5 Å². The summed E-state index contributed by atoms with van der Waals surface area (Å²) in [7, 11) is 0. The van der Waals surface area contributed by atoms with E-state index < -0.39 is 11.4 Å². The third-order valence-electron chi connectivity index (χ3n) is 5.43. The molecule has 1 amide bonds. The molecule has 1 aliphatic heterocycles. The van der Waals surface area contributed by atoms with Gasteiger partial charge in [-0.2, -0.15) is 0 Å². The van der Waals surface area contributed by atoms with Gasteiger partial charge in [-0.3, -0.25) is 4.79 Å². The number of carbonyl (C=O) groups is 2. The first-order chi connectivity index (χ1) is 13.5. The lowest BCUT2D eigenvalue weighted by Crippen LogP contribution is -2.29. The minimum Gasteiger partial charge on any atom is -0.504 e. The van der Waals surface area contributed by atoms with E-state index in [1.807, 2.05) is 6.07 Å². The summed E-state index contributed by atoms with van der Waals surface area (Å²) in [5, 5.41) is 25.4. The SMILES string of the molecule is CCOC(=O)c1c(NC(=O)C2(c3ccc(O)c(O)c3)CC2)ccc2c1NCC2. The van der Waals surface area contributed by atoms with Gasteiger partial charge in [-0.1, -0.05) is 12.1 Å². The molecule has 2 aliphatic rings. The van der Waals surface area contributed by atoms with Gasteiger partial charge >= 0.3 is 5.97 Å². The minimum atomic E-state index is -0.774. The van der Waals surface area contributed by atoms with E-state index in [1.165, 1.54) is 12.1 Å². The van der Waals surface area contributed by atoms with Crippen molar-refractivity contribution in [2.24, 2.45) is 0 Å². The first kappa shape index (κ1) is 18.2. The largest absolute Gasteiger partial charge is 0.504 e. The second kappa shape index (κ2) is 6.74. The first-order valence-electron chi connectivity index (χ1n) is 9.37. The van der Waals surface area contributed by atoms with Crippen LogP contribution < -0.4 is 10.6 Å². The Morgan fingerprint density at radius 1 is 1.18 bits per heavy atom. The van der Waals surface area contributed by atoms with Crippen molar-refractivity contribution in [3.05, 3.63) is 47.0 Å². The van der Waals surface area contributed by atoms with Crippen molar-refractivity contribution in [1.82, 2.24) is 0 Å². The quantitative estimate of drug-likeness (QED) is 0.468. The molecule has 0 saturated heterocycles. The number of nitrogens with one attached hydrogen (secondary N) is 2. The van der Waals surface area contributed by atoms with E-state index in [2.05, 4.69) is 10.6 Å². The fourth-order valence-corrected chi connectivity index (χ4v) is 3.73. The molecule has 7 nitrogen and oxygen atoms in total. The van der Waals surface area contributed by atoms with E-state index >= 15 is 0 Å². The molecule has 28 heavy (non-hydrogen) atoms. The van der Waals surface area contributed by atoms with Gasteiger partial charge in [-0.25, -0.2) is 4.79 Å². The summed E-state index contributed by atoms with van der Waals surface area (Å²) in [5.41, 5.74) is 2.34. The van der Waals surface area contributed by atoms with Gasteiger partial charge in [0.15, 0.2) is 11.5 Å². The summed E-state index contributed by atoms with van der Waals surface area (Å²) in [4.78, 5) is 25.6. The first-order valence-corrected chi connectivity index (χ1v) is 9.37. The zero-order valence-corrected chi connectivity index (χ0v) is 15.5. The Bertz CT molecular complexity index is 966. The molecule has 146 valence electrons. The Kier molecular flexibility index (Phi) is 4.37. The molecule has 0 spiro atoms. The van der Waals surface area contributed by atoms with Gasteiger partial charge in [0.25, 0.3) is 0 Å². The highest BCUT2D eigenvalue weighted by Gasteiger charge is 2.51. The third kappa shape index (κ3) is 2.93. The smallest absolute Gasteiger partial charge is 0.342 e. The standard InChI is InChI=1S/C21H22N2O5/c1-2-28-19(26)17-14(5-3-12-7-10-22-18(12)17)23-20(27)21(8-9-21)13-4-6-15(24)16(25)11-13/h3-6,11,22,24-25H,2,7-10H2,1H3,(H,23,27). The fraction of sp³-hybridized carbons (Fsp3) is 0.333. The monoisotopic (exact) mass is 382 g/mol. The van der Waals surface area contributed by atoms with Crippen LogP contribution in [0.1, 0.15) is 41.3 Å². The van der Waals surface area contributed by atoms with Crippen molar-refractivity contribution >= 4 is 23.3 Å². The van der Waals surface area contributed by atoms with E-state index in [0.29, 0.717) is 35.3 Å². The normalized spacial score (nSPS) is 16.0. The number of amides is 1. The predicted molar refractivity (Wildman–Crippen MR) is 104 cm³/mol. The minimum absolute atomic E-state index is 0.228. The highest BCUT2D eigenvalue weighted by molar-refractivity contribution is 6.09. The summed E-state index contributed by atoms with van der Waals surface area (Å²) < 4.78 is 5.20. The van der Waals surface area contributed by atoms with Crippen molar-refractivity contribution in [3.8, 4) is 11.5 Å². The molecule has 0 radical (unpaired) electrons. The summed E-state index contributed by atoms with van der Waals surface area (Å²) in [6.45, 7) is 2.71. The number of ether oxygens (including phenoxy) is 1. The van der Waals surface area contributed by atoms with Crippen LogP contribution in [-0.4, -0.2) is 35.2 Å². The predicted octanol–water partition coefficient (Wildman–Crippen LogP) is 2.91. The van der Waals surface area contributed by atoms with Gasteiger partial charge in [0.1, 0.15) is 5.56 Å². The van der Waals surface area contributed by atoms with Crippen molar-refractivity contribution in [1.29, 1.82) is 0 Å². The Labute approximate surface area is 162 Å². The van der Waals surface area contributed by atoms with Gasteiger partial charge < -0.3 is 25.6 Å². The van der Waals surface area contributed by atoms with E-state index in [9.17, 15) is 19.8 Å². The number of phenols is 2. The van der Waals surface area contributed by atoms with Crippen molar-refractivity contribution < 1.29 is 24.5 Å². The van der Waals surface area contributed by atoms with Gasteiger partial charge in [0.05, 0.1) is 23.4 Å². The van der Waals surface area contributed by atoms with E-state index in [0.717, 1.165) is 18.5 Å². The van der Waals surface area contributed by atoms with Crippen LogP contribution in [0.4, 0.5) is 11.4 Å². The zero-order valence-electron chi connectivity index (χ0n) is 15.5. The lowest BCUT2D eigenvalue weighted by molar-refractivity contribution is -0.118. The van der Waals surface area contributed by atoms with Crippen LogP contribution in [0.3, 0.4) is 0 Å². The van der Waals surface area contributed by atoms with E-state index in [1.54, 1.807) is 19.1 Å².